The van der Waals surface area contributed by atoms with E-state index in [0.29, 0.717) is 24.5 Å². The summed E-state index contributed by atoms with van der Waals surface area (Å²) in [5.41, 5.74) is 0.568. The van der Waals surface area contributed by atoms with Gasteiger partial charge in [0.05, 0.1) is 13.7 Å². The van der Waals surface area contributed by atoms with Crippen LogP contribution in [0, 0.1) is 0 Å². The van der Waals surface area contributed by atoms with Crippen LogP contribution in [0.15, 0.2) is 53.0 Å². The number of benzene rings is 2. The lowest BCUT2D eigenvalue weighted by atomic mass is 10.2. The fourth-order valence-corrected chi connectivity index (χ4v) is 1.99. The first kappa shape index (κ1) is 15.4. The molecular weight excluding hydrogens is 334 g/mol. The highest BCUT2D eigenvalue weighted by Gasteiger charge is 2.05. The zero-order valence-corrected chi connectivity index (χ0v) is 13.2. The summed E-state index contributed by atoms with van der Waals surface area (Å²) in [6.07, 6.45) is 0. The standard InChI is InChI=1S/C16H16BrNO3/c1-20-15-4-2-3-12(11-15)16(19)18-9-10-21-14-7-5-13(17)6-8-14/h2-8,11H,9-10H2,1H3,(H,18,19). The molecule has 0 unspecified atom stereocenters. The Labute approximate surface area is 132 Å². The summed E-state index contributed by atoms with van der Waals surface area (Å²) in [5, 5.41) is 2.80. The van der Waals surface area contributed by atoms with Crippen molar-refractivity contribution in [1.82, 2.24) is 5.32 Å². The molecular formula is C16H16BrNO3. The van der Waals surface area contributed by atoms with E-state index in [1.54, 1.807) is 31.4 Å². The van der Waals surface area contributed by atoms with Crippen LogP contribution < -0.4 is 14.8 Å². The summed E-state index contributed by atoms with van der Waals surface area (Å²) >= 11 is 3.36. The van der Waals surface area contributed by atoms with Crippen LogP contribution in [0.1, 0.15) is 10.4 Å². The SMILES string of the molecule is COc1cccc(C(=O)NCCOc2ccc(Br)cc2)c1. The van der Waals surface area contributed by atoms with Gasteiger partial charge in [-0.2, -0.15) is 0 Å². The van der Waals surface area contributed by atoms with Gasteiger partial charge in [0, 0.05) is 10.0 Å². The zero-order valence-electron chi connectivity index (χ0n) is 11.6. The van der Waals surface area contributed by atoms with Gasteiger partial charge in [0.2, 0.25) is 0 Å². The van der Waals surface area contributed by atoms with Gasteiger partial charge in [0.25, 0.3) is 5.91 Å². The monoisotopic (exact) mass is 349 g/mol. The maximum Gasteiger partial charge on any atom is 0.251 e. The minimum Gasteiger partial charge on any atom is -0.497 e. The minimum atomic E-state index is -0.145. The normalized spacial score (nSPS) is 10.0. The fraction of sp³-hybridized carbons (Fsp3) is 0.188. The van der Waals surface area contributed by atoms with Gasteiger partial charge >= 0.3 is 0 Å². The topological polar surface area (TPSA) is 47.6 Å². The quantitative estimate of drug-likeness (QED) is 0.814. The Balaban J connectivity index is 1.77. The smallest absolute Gasteiger partial charge is 0.251 e. The van der Waals surface area contributed by atoms with Gasteiger partial charge in [-0.15, -0.1) is 0 Å². The Hall–Kier alpha value is -2.01. The second kappa shape index (κ2) is 7.69. The van der Waals surface area contributed by atoms with Crippen molar-refractivity contribution in [2.75, 3.05) is 20.3 Å². The molecule has 0 heterocycles. The molecule has 0 bridgehead atoms. The highest BCUT2D eigenvalue weighted by molar-refractivity contribution is 9.10. The molecule has 0 fully saturated rings. The molecule has 110 valence electrons. The number of carbonyl (C=O) groups excluding carboxylic acids is 1. The largest absolute Gasteiger partial charge is 0.497 e. The molecule has 0 atom stereocenters. The molecule has 0 aliphatic heterocycles. The third kappa shape index (κ3) is 4.79. The Morgan fingerprint density at radius 1 is 1.14 bits per heavy atom. The molecule has 1 amide bonds. The second-order valence-corrected chi connectivity index (χ2v) is 5.21. The van der Waals surface area contributed by atoms with E-state index in [4.69, 9.17) is 9.47 Å². The molecule has 0 aliphatic rings. The summed E-state index contributed by atoms with van der Waals surface area (Å²) < 4.78 is 11.6. The Bertz CT molecular complexity index is 599. The zero-order chi connectivity index (χ0) is 15.1. The van der Waals surface area contributed by atoms with Gasteiger partial charge in [0.15, 0.2) is 0 Å². The molecule has 0 radical (unpaired) electrons. The lowest BCUT2D eigenvalue weighted by molar-refractivity contribution is 0.0946. The third-order valence-corrected chi connectivity index (χ3v) is 3.33. The van der Waals surface area contributed by atoms with Crippen LogP contribution in [0.4, 0.5) is 0 Å². The third-order valence-electron chi connectivity index (χ3n) is 2.80. The van der Waals surface area contributed by atoms with E-state index < -0.39 is 0 Å². The van der Waals surface area contributed by atoms with Crippen LogP contribution in [0.2, 0.25) is 0 Å². The molecule has 0 saturated heterocycles. The van der Waals surface area contributed by atoms with E-state index in [-0.39, 0.29) is 5.91 Å². The number of halogens is 1. The van der Waals surface area contributed by atoms with E-state index >= 15 is 0 Å². The first-order chi connectivity index (χ1) is 10.2. The number of nitrogens with one attached hydrogen (secondary N) is 1. The summed E-state index contributed by atoms with van der Waals surface area (Å²) in [6, 6.07) is 14.6. The van der Waals surface area contributed by atoms with Crippen molar-refractivity contribution < 1.29 is 14.3 Å². The number of rotatable bonds is 6. The lowest BCUT2D eigenvalue weighted by Crippen LogP contribution is -2.28. The van der Waals surface area contributed by atoms with Gasteiger partial charge in [-0.3, -0.25) is 4.79 Å². The van der Waals surface area contributed by atoms with Crippen molar-refractivity contribution in [3.63, 3.8) is 0 Å². The maximum absolute atomic E-state index is 11.9. The molecule has 2 aromatic rings. The lowest BCUT2D eigenvalue weighted by Gasteiger charge is -2.08. The molecule has 5 heteroatoms. The maximum atomic E-state index is 11.9. The molecule has 0 spiro atoms. The molecule has 21 heavy (non-hydrogen) atoms. The highest BCUT2D eigenvalue weighted by Crippen LogP contribution is 2.16. The summed E-state index contributed by atoms with van der Waals surface area (Å²) in [7, 11) is 1.57. The molecule has 0 aliphatic carbocycles. The van der Waals surface area contributed by atoms with Gasteiger partial charge in [-0.25, -0.2) is 0 Å². The average Bonchev–Trinajstić information content (AvgIpc) is 2.53. The minimum absolute atomic E-state index is 0.145. The summed E-state index contributed by atoms with van der Waals surface area (Å²) in [5.74, 6) is 1.29. The predicted octanol–water partition coefficient (Wildman–Crippen LogP) is 3.27. The summed E-state index contributed by atoms with van der Waals surface area (Å²) in [4.78, 5) is 11.9. The summed E-state index contributed by atoms with van der Waals surface area (Å²) in [6.45, 7) is 0.851. The van der Waals surface area contributed by atoms with Crippen molar-refractivity contribution >= 4 is 21.8 Å². The van der Waals surface area contributed by atoms with Crippen LogP contribution >= 0.6 is 15.9 Å². The first-order valence-electron chi connectivity index (χ1n) is 6.49. The van der Waals surface area contributed by atoms with E-state index in [0.717, 1.165) is 10.2 Å². The van der Waals surface area contributed by atoms with E-state index in [1.165, 1.54) is 0 Å². The number of ether oxygens (including phenoxy) is 2. The molecule has 2 rings (SSSR count). The average molecular weight is 350 g/mol. The first-order valence-corrected chi connectivity index (χ1v) is 7.29. The number of hydrogen-bond acceptors (Lipinski definition) is 3. The molecule has 1 N–H and O–H groups in total. The van der Waals surface area contributed by atoms with Gasteiger partial charge in [0.1, 0.15) is 18.1 Å². The number of amides is 1. The second-order valence-electron chi connectivity index (χ2n) is 4.29. The highest BCUT2D eigenvalue weighted by atomic mass is 79.9. The van der Waals surface area contributed by atoms with Crippen LogP contribution in [0.5, 0.6) is 11.5 Å². The van der Waals surface area contributed by atoms with Crippen molar-refractivity contribution in [1.29, 1.82) is 0 Å². The van der Waals surface area contributed by atoms with Crippen LogP contribution in [-0.2, 0) is 0 Å². The van der Waals surface area contributed by atoms with Crippen LogP contribution in [-0.4, -0.2) is 26.2 Å². The van der Waals surface area contributed by atoms with Crippen LogP contribution in [0.25, 0.3) is 0 Å². The van der Waals surface area contributed by atoms with Crippen molar-refractivity contribution in [2.24, 2.45) is 0 Å². The van der Waals surface area contributed by atoms with Crippen molar-refractivity contribution in [3.05, 3.63) is 58.6 Å². The van der Waals surface area contributed by atoms with Gasteiger partial charge in [-0.05, 0) is 42.5 Å². The molecule has 0 saturated carbocycles. The molecule has 4 nitrogen and oxygen atoms in total. The van der Waals surface area contributed by atoms with Gasteiger partial charge < -0.3 is 14.8 Å². The predicted molar refractivity (Wildman–Crippen MR) is 85.0 cm³/mol. The molecule has 2 aromatic carbocycles. The van der Waals surface area contributed by atoms with Crippen molar-refractivity contribution in [2.45, 2.75) is 0 Å². The van der Waals surface area contributed by atoms with E-state index in [2.05, 4.69) is 21.2 Å². The molecule has 0 aromatic heterocycles. The van der Waals surface area contributed by atoms with Crippen LogP contribution in [0.3, 0.4) is 0 Å². The number of hydrogen-bond donors (Lipinski definition) is 1. The number of carbonyl (C=O) groups is 1. The Morgan fingerprint density at radius 3 is 2.62 bits per heavy atom. The Morgan fingerprint density at radius 2 is 1.90 bits per heavy atom. The van der Waals surface area contributed by atoms with Gasteiger partial charge in [-0.1, -0.05) is 22.0 Å². The number of methoxy groups -OCH3 is 1. The van der Waals surface area contributed by atoms with E-state index in [9.17, 15) is 4.79 Å². The fourth-order valence-electron chi connectivity index (χ4n) is 1.73. The van der Waals surface area contributed by atoms with E-state index in [1.807, 2.05) is 24.3 Å². The van der Waals surface area contributed by atoms with Crippen molar-refractivity contribution in [3.8, 4) is 11.5 Å². The Kier molecular flexibility index (Phi) is 5.63.